The summed E-state index contributed by atoms with van der Waals surface area (Å²) in [5.41, 5.74) is 1.14. The van der Waals surface area contributed by atoms with E-state index in [9.17, 15) is 0 Å². The fourth-order valence-electron chi connectivity index (χ4n) is 2.89. The Morgan fingerprint density at radius 3 is 2.76 bits per heavy atom. The number of rotatable bonds is 6. The second-order valence-corrected chi connectivity index (χ2v) is 6.85. The normalized spacial score (nSPS) is 19.5. The van der Waals surface area contributed by atoms with E-state index in [1.165, 1.54) is 19.3 Å². The Kier molecular flexibility index (Phi) is 5.97. The lowest BCUT2D eigenvalue weighted by Gasteiger charge is -2.37. The fraction of sp³-hybridized carbons (Fsp3) is 0.765. The smallest absolute Gasteiger partial charge is 0.132 e. The van der Waals surface area contributed by atoms with Gasteiger partial charge >= 0.3 is 0 Å². The molecule has 0 aromatic carbocycles. The number of anilines is 1. The van der Waals surface area contributed by atoms with Crippen molar-refractivity contribution in [2.45, 2.75) is 58.9 Å². The van der Waals surface area contributed by atoms with Gasteiger partial charge in [0.15, 0.2) is 0 Å². The number of hydrogen-bond donors (Lipinski definition) is 1. The molecule has 2 heterocycles. The highest BCUT2D eigenvalue weighted by Crippen LogP contribution is 2.24. The number of nitrogens with zero attached hydrogens (tertiary/aromatic N) is 3. The van der Waals surface area contributed by atoms with E-state index in [0.717, 1.165) is 31.1 Å². The molecule has 1 aromatic rings. The summed E-state index contributed by atoms with van der Waals surface area (Å²) in [7, 11) is 0. The highest BCUT2D eigenvalue weighted by molar-refractivity contribution is 5.41. The molecule has 0 radical (unpaired) electrons. The third-order valence-corrected chi connectivity index (χ3v) is 4.12. The summed E-state index contributed by atoms with van der Waals surface area (Å²) in [5.74, 6) is 2.26. The van der Waals surface area contributed by atoms with E-state index in [1.807, 2.05) is 0 Å². The highest BCUT2D eigenvalue weighted by Gasteiger charge is 2.23. The SMILES string of the molecule is CC(C)CNCC1CCCCN1c1cc(C(C)C)ncn1. The van der Waals surface area contributed by atoms with Gasteiger partial charge in [0.05, 0.1) is 0 Å². The molecule has 0 bridgehead atoms. The molecule has 1 aliphatic rings. The van der Waals surface area contributed by atoms with Crippen LogP contribution in [0.2, 0.25) is 0 Å². The van der Waals surface area contributed by atoms with Crippen LogP contribution in [0.25, 0.3) is 0 Å². The molecule has 1 N–H and O–H groups in total. The van der Waals surface area contributed by atoms with Crippen molar-refractivity contribution in [2.75, 3.05) is 24.5 Å². The van der Waals surface area contributed by atoms with Gasteiger partial charge in [-0.3, -0.25) is 0 Å². The molecule has 4 nitrogen and oxygen atoms in total. The third kappa shape index (κ3) is 4.67. The van der Waals surface area contributed by atoms with Crippen molar-refractivity contribution in [3.8, 4) is 0 Å². The lowest BCUT2D eigenvalue weighted by Crippen LogP contribution is -2.46. The first kappa shape index (κ1) is 16.2. The highest BCUT2D eigenvalue weighted by atomic mass is 15.2. The van der Waals surface area contributed by atoms with Gasteiger partial charge in [0.1, 0.15) is 12.1 Å². The van der Waals surface area contributed by atoms with Crippen molar-refractivity contribution >= 4 is 5.82 Å². The van der Waals surface area contributed by atoms with Gasteiger partial charge in [-0.1, -0.05) is 27.7 Å². The molecule has 2 rings (SSSR count). The maximum Gasteiger partial charge on any atom is 0.132 e. The summed E-state index contributed by atoms with van der Waals surface area (Å²) in [6.07, 6.45) is 5.57. The molecule has 0 amide bonds. The summed E-state index contributed by atoms with van der Waals surface area (Å²) in [4.78, 5) is 11.4. The predicted molar refractivity (Wildman–Crippen MR) is 88.8 cm³/mol. The molecular formula is C17H30N4. The number of aromatic nitrogens is 2. The second kappa shape index (κ2) is 7.74. The van der Waals surface area contributed by atoms with Crippen LogP contribution in [-0.4, -0.2) is 35.6 Å². The standard InChI is InChI=1S/C17H30N4/c1-13(2)10-18-11-15-7-5-6-8-21(15)17-9-16(14(3)4)19-12-20-17/h9,12-15,18H,5-8,10-11H2,1-4H3. The lowest BCUT2D eigenvalue weighted by molar-refractivity contribution is 0.420. The van der Waals surface area contributed by atoms with Gasteiger partial charge in [-0.2, -0.15) is 0 Å². The minimum Gasteiger partial charge on any atom is -0.352 e. The van der Waals surface area contributed by atoms with E-state index in [2.05, 4.69) is 53.9 Å². The van der Waals surface area contributed by atoms with Gasteiger partial charge in [0.25, 0.3) is 0 Å². The molecular weight excluding hydrogens is 260 g/mol. The number of hydrogen-bond acceptors (Lipinski definition) is 4. The Morgan fingerprint density at radius 1 is 1.24 bits per heavy atom. The number of nitrogens with one attached hydrogen (secondary N) is 1. The van der Waals surface area contributed by atoms with Crippen molar-refractivity contribution in [3.05, 3.63) is 18.1 Å². The molecule has 1 atom stereocenters. The molecule has 0 spiro atoms. The monoisotopic (exact) mass is 290 g/mol. The molecule has 1 saturated heterocycles. The molecule has 1 aliphatic heterocycles. The first-order chi connectivity index (χ1) is 10.1. The summed E-state index contributed by atoms with van der Waals surface area (Å²) in [6.45, 7) is 12.1. The van der Waals surface area contributed by atoms with Gasteiger partial charge < -0.3 is 10.2 Å². The van der Waals surface area contributed by atoms with Crippen LogP contribution in [0.3, 0.4) is 0 Å². The Hall–Kier alpha value is -1.16. The second-order valence-electron chi connectivity index (χ2n) is 6.85. The van der Waals surface area contributed by atoms with E-state index < -0.39 is 0 Å². The first-order valence-corrected chi connectivity index (χ1v) is 8.37. The molecule has 0 saturated carbocycles. The quantitative estimate of drug-likeness (QED) is 0.873. The van der Waals surface area contributed by atoms with Crippen LogP contribution >= 0.6 is 0 Å². The molecule has 118 valence electrons. The van der Waals surface area contributed by atoms with Crippen molar-refractivity contribution in [1.29, 1.82) is 0 Å². The largest absolute Gasteiger partial charge is 0.352 e. The Balaban J connectivity index is 2.05. The fourth-order valence-corrected chi connectivity index (χ4v) is 2.89. The third-order valence-electron chi connectivity index (χ3n) is 4.12. The summed E-state index contributed by atoms with van der Waals surface area (Å²) in [6, 6.07) is 2.73. The molecule has 1 fully saturated rings. The lowest BCUT2D eigenvalue weighted by atomic mass is 10.0. The van der Waals surface area contributed by atoms with Crippen molar-refractivity contribution in [2.24, 2.45) is 5.92 Å². The summed E-state index contributed by atoms with van der Waals surface area (Å²) >= 11 is 0. The van der Waals surface area contributed by atoms with Crippen LogP contribution in [0.4, 0.5) is 5.82 Å². The maximum absolute atomic E-state index is 4.53. The Morgan fingerprint density at radius 2 is 2.05 bits per heavy atom. The minimum atomic E-state index is 0.453. The summed E-state index contributed by atoms with van der Waals surface area (Å²) in [5, 5.41) is 3.61. The van der Waals surface area contributed by atoms with Gasteiger partial charge in [0, 0.05) is 30.9 Å². The zero-order valence-electron chi connectivity index (χ0n) is 14.0. The zero-order valence-corrected chi connectivity index (χ0v) is 14.0. The molecule has 1 unspecified atom stereocenters. The summed E-state index contributed by atoms with van der Waals surface area (Å²) < 4.78 is 0. The van der Waals surface area contributed by atoms with Crippen LogP contribution in [0.1, 0.15) is 58.6 Å². The average molecular weight is 290 g/mol. The van der Waals surface area contributed by atoms with Gasteiger partial charge in [-0.25, -0.2) is 9.97 Å². The van der Waals surface area contributed by atoms with Crippen molar-refractivity contribution < 1.29 is 0 Å². The van der Waals surface area contributed by atoms with Crippen molar-refractivity contribution in [3.63, 3.8) is 0 Å². The van der Waals surface area contributed by atoms with Gasteiger partial charge in [-0.15, -0.1) is 0 Å². The van der Waals surface area contributed by atoms with Crippen LogP contribution in [0.15, 0.2) is 12.4 Å². The van der Waals surface area contributed by atoms with Gasteiger partial charge in [-0.05, 0) is 37.6 Å². The zero-order chi connectivity index (χ0) is 15.2. The van der Waals surface area contributed by atoms with Crippen LogP contribution in [0.5, 0.6) is 0 Å². The maximum atomic E-state index is 4.53. The van der Waals surface area contributed by atoms with Crippen LogP contribution < -0.4 is 10.2 Å². The average Bonchev–Trinajstić information content (AvgIpc) is 2.47. The molecule has 21 heavy (non-hydrogen) atoms. The van der Waals surface area contributed by atoms with E-state index in [4.69, 9.17) is 0 Å². The number of piperidine rings is 1. The van der Waals surface area contributed by atoms with Crippen molar-refractivity contribution in [1.82, 2.24) is 15.3 Å². The minimum absolute atomic E-state index is 0.453. The van der Waals surface area contributed by atoms with Gasteiger partial charge in [0.2, 0.25) is 0 Å². The first-order valence-electron chi connectivity index (χ1n) is 8.37. The van der Waals surface area contributed by atoms with E-state index in [-0.39, 0.29) is 0 Å². The topological polar surface area (TPSA) is 41.0 Å². The molecule has 4 heteroatoms. The molecule has 1 aromatic heterocycles. The van der Waals surface area contributed by atoms with Crippen LogP contribution in [0, 0.1) is 5.92 Å². The van der Waals surface area contributed by atoms with E-state index in [0.29, 0.717) is 17.9 Å². The predicted octanol–water partition coefficient (Wildman–Crippen LogP) is 3.20. The van der Waals surface area contributed by atoms with Crippen LogP contribution in [-0.2, 0) is 0 Å². The van der Waals surface area contributed by atoms with E-state index >= 15 is 0 Å². The Labute approximate surface area is 129 Å². The van der Waals surface area contributed by atoms with E-state index in [1.54, 1.807) is 6.33 Å². The molecule has 0 aliphatic carbocycles. The Bertz CT molecular complexity index is 431.